The van der Waals surface area contributed by atoms with Gasteiger partial charge in [-0.25, -0.2) is 8.78 Å². The quantitative estimate of drug-likeness (QED) is 0.576. The van der Waals surface area contributed by atoms with Gasteiger partial charge in [0, 0.05) is 0 Å². The summed E-state index contributed by atoms with van der Waals surface area (Å²) in [5, 5.41) is 8.06. The van der Waals surface area contributed by atoms with E-state index in [2.05, 4.69) is 0 Å². The van der Waals surface area contributed by atoms with Gasteiger partial charge >= 0.3 is 6.18 Å². The Kier molecular flexibility index (Phi) is 5.04. The second kappa shape index (κ2) is 5.21. The van der Waals surface area contributed by atoms with Crippen LogP contribution in [0.5, 0.6) is 0 Å². The predicted molar refractivity (Wildman–Crippen MR) is 43.0 cm³/mol. The molecule has 0 bridgehead atoms. The van der Waals surface area contributed by atoms with Gasteiger partial charge < -0.3 is 5.11 Å². The van der Waals surface area contributed by atoms with Crippen LogP contribution in [0, 0.1) is 0 Å². The molecule has 0 atom stereocenters. The number of halogens is 5. The fourth-order valence-electron chi connectivity index (χ4n) is 0.484. The van der Waals surface area contributed by atoms with Gasteiger partial charge in [-0.1, -0.05) is 0 Å². The van der Waals surface area contributed by atoms with Gasteiger partial charge in [0.05, 0.1) is 6.54 Å². The van der Waals surface area contributed by atoms with Crippen molar-refractivity contribution in [3.05, 3.63) is 0 Å². The van der Waals surface area contributed by atoms with E-state index in [9.17, 15) is 30.4 Å². The van der Waals surface area contributed by atoms with E-state index in [4.69, 9.17) is 5.11 Å². The lowest BCUT2D eigenvalue weighted by Crippen LogP contribution is -2.46. The number of alkyl halides is 5. The summed E-state index contributed by atoms with van der Waals surface area (Å²) in [4.78, 5) is 0. The van der Waals surface area contributed by atoms with Crippen LogP contribution >= 0.6 is 0 Å². The Morgan fingerprint density at radius 2 is 1.44 bits per heavy atom. The number of aliphatic hydroxyl groups is 1. The highest BCUT2D eigenvalue weighted by molar-refractivity contribution is 7.87. The Bertz CT molecular complexity index is 315. The highest BCUT2D eigenvalue weighted by atomic mass is 32.2. The van der Waals surface area contributed by atoms with Crippen LogP contribution in [0.2, 0.25) is 0 Å². The molecule has 0 rings (SSSR count). The third-order valence-corrected chi connectivity index (χ3v) is 2.26. The van der Waals surface area contributed by atoms with Crippen molar-refractivity contribution in [2.45, 2.75) is 12.1 Å². The first kappa shape index (κ1) is 15.5. The van der Waals surface area contributed by atoms with Crippen molar-refractivity contribution in [1.29, 1.82) is 0 Å². The molecule has 0 radical (unpaired) electrons. The number of hydrogen-bond donors (Lipinski definition) is 3. The minimum absolute atomic E-state index is 1.02. The Morgan fingerprint density at radius 3 is 1.81 bits per heavy atom. The molecule has 5 nitrogen and oxygen atoms in total. The summed E-state index contributed by atoms with van der Waals surface area (Å²) < 4.78 is 83.0. The minimum Gasteiger partial charge on any atom is -0.390 e. The molecule has 0 spiro atoms. The summed E-state index contributed by atoms with van der Waals surface area (Å²) in [5.41, 5.74) is 0. The number of hydrogen-bond acceptors (Lipinski definition) is 3. The van der Waals surface area contributed by atoms with E-state index in [1.807, 2.05) is 0 Å². The van der Waals surface area contributed by atoms with Gasteiger partial charge in [-0.15, -0.1) is 0 Å². The van der Waals surface area contributed by atoms with Gasteiger partial charge in [-0.3, -0.25) is 0 Å². The molecule has 0 aliphatic heterocycles. The standard InChI is InChI=1S/C5H9F5N2O3S/c6-4(7,3-13)1-11-16(14,15)12-2-5(8,9)10/h11-13H,1-3H2. The van der Waals surface area contributed by atoms with Crippen molar-refractivity contribution in [2.24, 2.45) is 0 Å². The summed E-state index contributed by atoms with van der Waals surface area (Å²) in [7, 11) is -4.67. The van der Waals surface area contributed by atoms with E-state index in [0.29, 0.717) is 0 Å². The number of aliphatic hydroxyl groups excluding tert-OH is 1. The maximum Gasteiger partial charge on any atom is 0.402 e. The van der Waals surface area contributed by atoms with E-state index in [1.54, 1.807) is 0 Å². The molecule has 98 valence electrons. The largest absolute Gasteiger partial charge is 0.402 e. The van der Waals surface area contributed by atoms with Crippen LogP contribution < -0.4 is 9.44 Å². The van der Waals surface area contributed by atoms with Crippen LogP contribution in [0.1, 0.15) is 0 Å². The average molecular weight is 272 g/mol. The van der Waals surface area contributed by atoms with E-state index >= 15 is 0 Å². The van der Waals surface area contributed by atoms with Crippen LogP contribution in [0.25, 0.3) is 0 Å². The van der Waals surface area contributed by atoms with Crippen molar-refractivity contribution < 1.29 is 35.5 Å². The summed E-state index contributed by atoms with van der Waals surface area (Å²) in [5.74, 6) is -3.73. The van der Waals surface area contributed by atoms with E-state index in [1.165, 1.54) is 4.72 Å². The molecule has 0 saturated heterocycles. The van der Waals surface area contributed by atoms with Crippen LogP contribution in [-0.4, -0.2) is 45.3 Å². The maximum absolute atomic E-state index is 12.3. The van der Waals surface area contributed by atoms with Gasteiger partial charge in [-0.05, 0) is 0 Å². The lowest BCUT2D eigenvalue weighted by molar-refractivity contribution is -0.121. The van der Waals surface area contributed by atoms with Crippen LogP contribution in [0.4, 0.5) is 22.0 Å². The fraction of sp³-hybridized carbons (Fsp3) is 1.00. The highest BCUT2D eigenvalue weighted by Gasteiger charge is 2.32. The van der Waals surface area contributed by atoms with Crippen molar-refractivity contribution >= 4 is 10.2 Å². The lowest BCUT2D eigenvalue weighted by Gasteiger charge is -2.15. The van der Waals surface area contributed by atoms with Gasteiger partial charge in [0.25, 0.3) is 16.1 Å². The molecule has 0 aromatic rings. The first-order chi connectivity index (χ1) is 6.97. The Hall–Kier alpha value is -0.520. The molecule has 0 aliphatic rings. The first-order valence-corrected chi connectivity index (χ1v) is 5.25. The molecule has 0 saturated carbocycles. The second-order valence-electron chi connectivity index (χ2n) is 2.77. The van der Waals surface area contributed by atoms with Crippen molar-refractivity contribution in [3.63, 3.8) is 0 Å². The molecule has 0 heterocycles. The fourth-order valence-corrected chi connectivity index (χ4v) is 1.34. The van der Waals surface area contributed by atoms with E-state index < -0.39 is 42.0 Å². The molecule has 0 unspecified atom stereocenters. The highest BCUT2D eigenvalue weighted by Crippen LogP contribution is 2.13. The van der Waals surface area contributed by atoms with Gasteiger partial charge in [-0.2, -0.15) is 31.0 Å². The van der Waals surface area contributed by atoms with Crippen molar-refractivity contribution in [3.8, 4) is 0 Å². The van der Waals surface area contributed by atoms with Gasteiger partial charge in [0.15, 0.2) is 0 Å². The number of rotatable bonds is 6. The number of nitrogens with one attached hydrogen (secondary N) is 2. The average Bonchev–Trinajstić information content (AvgIpc) is 2.12. The third kappa shape index (κ3) is 7.73. The Balaban J connectivity index is 4.18. The van der Waals surface area contributed by atoms with E-state index in [-0.39, 0.29) is 0 Å². The van der Waals surface area contributed by atoms with Crippen molar-refractivity contribution in [2.75, 3.05) is 19.7 Å². The lowest BCUT2D eigenvalue weighted by atomic mass is 10.4. The summed E-state index contributed by atoms with van der Waals surface area (Å²) in [6, 6.07) is 0. The monoisotopic (exact) mass is 272 g/mol. The molecular weight excluding hydrogens is 263 g/mol. The third-order valence-electron chi connectivity index (χ3n) is 1.21. The second-order valence-corrected chi connectivity index (χ2v) is 4.36. The summed E-state index contributed by atoms with van der Waals surface area (Å²) in [6.45, 7) is -4.97. The molecule has 0 amide bonds. The topological polar surface area (TPSA) is 78.4 Å². The van der Waals surface area contributed by atoms with Crippen LogP contribution in [0.15, 0.2) is 0 Å². The molecule has 0 aromatic heterocycles. The zero-order chi connectivity index (χ0) is 13.0. The Morgan fingerprint density at radius 1 is 1.00 bits per heavy atom. The van der Waals surface area contributed by atoms with E-state index in [0.717, 1.165) is 4.72 Å². The zero-order valence-electron chi connectivity index (χ0n) is 7.68. The Labute approximate surface area is 87.8 Å². The summed E-state index contributed by atoms with van der Waals surface area (Å²) >= 11 is 0. The van der Waals surface area contributed by atoms with Gasteiger partial charge in [0.2, 0.25) is 0 Å². The maximum atomic E-state index is 12.3. The van der Waals surface area contributed by atoms with Crippen molar-refractivity contribution in [1.82, 2.24) is 9.44 Å². The molecular formula is C5H9F5N2O3S. The van der Waals surface area contributed by atoms with Gasteiger partial charge in [0.1, 0.15) is 13.2 Å². The zero-order valence-corrected chi connectivity index (χ0v) is 8.50. The SMILES string of the molecule is O=S(=O)(NCC(F)(F)F)NCC(F)(F)CO. The minimum atomic E-state index is -4.78. The predicted octanol–water partition coefficient (Wildman–Crippen LogP) is -0.400. The molecule has 0 aliphatic carbocycles. The van der Waals surface area contributed by atoms with Crippen LogP contribution in [-0.2, 0) is 10.2 Å². The normalized spacial score (nSPS) is 14.1. The smallest absolute Gasteiger partial charge is 0.390 e. The summed E-state index contributed by atoms with van der Waals surface area (Å²) in [6.07, 6.45) is -4.78. The first-order valence-electron chi connectivity index (χ1n) is 3.77. The molecule has 3 N–H and O–H groups in total. The molecule has 0 aromatic carbocycles. The molecule has 16 heavy (non-hydrogen) atoms. The van der Waals surface area contributed by atoms with Crippen LogP contribution in [0.3, 0.4) is 0 Å². The molecule has 0 fully saturated rings. The molecule has 11 heteroatoms.